The number of aryl methyl sites for hydroxylation is 1. The van der Waals surface area contributed by atoms with E-state index >= 15 is 0 Å². The average molecular weight is 298 g/mol. The van der Waals surface area contributed by atoms with Crippen molar-refractivity contribution < 1.29 is 9.26 Å². The lowest BCUT2D eigenvalue weighted by molar-refractivity contribution is 0.369. The zero-order chi connectivity index (χ0) is 15.4. The third-order valence-corrected chi connectivity index (χ3v) is 3.40. The standard InChI is InChI=1S/C16H18N4O2/c1-3-4-14-17-9-10-20(14)11-15-18-16(19-22-15)12-5-7-13(21-2)8-6-12/h5-10H,3-4,11H2,1-2H3. The van der Waals surface area contributed by atoms with Crippen LogP contribution in [0.2, 0.25) is 0 Å². The predicted octanol–water partition coefficient (Wildman–Crippen LogP) is 2.94. The molecule has 114 valence electrons. The molecule has 2 aromatic heterocycles. The van der Waals surface area contributed by atoms with Crippen LogP contribution in [0.15, 0.2) is 41.2 Å². The number of methoxy groups -OCH3 is 1. The second-order valence-corrected chi connectivity index (χ2v) is 4.96. The van der Waals surface area contributed by atoms with Crippen molar-refractivity contribution in [2.24, 2.45) is 0 Å². The Balaban J connectivity index is 1.76. The van der Waals surface area contributed by atoms with Crippen LogP contribution in [0.3, 0.4) is 0 Å². The molecule has 6 heteroatoms. The third kappa shape index (κ3) is 3.00. The highest BCUT2D eigenvalue weighted by molar-refractivity contribution is 5.55. The first-order chi connectivity index (χ1) is 10.8. The Kier molecular flexibility index (Phi) is 4.18. The SMILES string of the molecule is CCCc1nccn1Cc1nc(-c2ccc(OC)cc2)no1. The van der Waals surface area contributed by atoms with Crippen LogP contribution in [0, 0.1) is 0 Å². The van der Waals surface area contributed by atoms with E-state index in [0.717, 1.165) is 30.0 Å². The van der Waals surface area contributed by atoms with Crippen LogP contribution in [-0.2, 0) is 13.0 Å². The normalized spacial score (nSPS) is 10.8. The summed E-state index contributed by atoms with van der Waals surface area (Å²) in [5, 5.41) is 4.04. The van der Waals surface area contributed by atoms with Gasteiger partial charge in [-0.05, 0) is 30.7 Å². The second-order valence-electron chi connectivity index (χ2n) is 4.96. The maximum absolute atomic E-state index is 5.34. The highest BCUT2D eigenvalue weighted by Crippen LogP contribution is 2.20. The quantitative estimate of drug-likeness (QED) is 0.700. The van der Waals surface area contributed by atoms with Gasteiger partial charge in [0.25, 0.3) is 0 Å². The lowest BCUT2D eigenvalue weighted by Gasteiger charge is -2.02. The summed E-state index contributed by atoms with van der Waals surface area (Å²) in [6.07, 6.45) is 5.72. The average Bonchev–Trinajstić information content (AvgIpc) is 3.18. The van der Waals surface area contributed by atoms with Crippen molar-refractivity contribution >= 4 is 0 Å². The fourth-order valence-electron chi connectivity index (χ4n) is 2.26. The summed E-state index contributed by atoms with van der Waals surface area (Å²) in [7, 11) is 1.64. The summed E-state index contributed by atoms with van der Waals surface area (Å²) in [5.74, 6) is 2.98. The summed E-state index contributed by atoms with van der Waals surface area (Å²) in [6.45, 7) is 2.67. The molecular formula is C16H18N4O2. The Morgan fingerprint density at radius 2 is 2.05 bits per heavy atom. The van der Waals surface area contributed by atoms with Gasteiger partial charge < -0.3 is 13.8 Å². The van der Waals surface area contributed by atoms with E-state index in [4.69, 9.17) is 9.26 Å². The molecule has 0 saturated heterocycles. The van der Waals surface area contributed by atoms with Crippen molar-refractivity contribution in [3.05, 3.63) is 48.4 Å². The monoisotopic (exact) mass is 298 g/mol. The minimum atomic E-state index is 0.540. The molecule has 22 heavy (non-hydrogen) atoms. The molecule has 0 aliphatic carbocycles. The fourth-order valence-corrected chi connectivity index (χ4v) is 2.26. The van der Waals surface area contributed by atoms with Crippen molar-refractivity contribution in [1.29, 1.82) is 0 Å². The predicted molar refractivity (Wildman–Crippen MR) is 81.6 cm³/mol. The van der Waals surface area contributed by atoms with Crippen LogP contribution >= 0.6 is 0 Å². The van der Waals surface area contributed by atoms with Crippen LogP contribution in [0.5, 0.6) is 5.75 Å². The summed E-state index contributed by atoms with van der Waals surface area (Å²) < 4.78 is 12.5. The molecule has 0 bridgehead atoms. The zero-order valence-corrected chi connectivity index (χ0v) is 12.7. The summed E-state index contributed by atoms with van der Waals surface area (Å²) in [5.41, 5.74) is 0.898. The minimum Gasteiger partial charge on any atom is -0.497 e. The third-order valence-electron chi connectivity index (χ3n) is 3.40. The molecule has 2 heterocycles. The smallest absolute Gasteiger partial charge is 0.246 e. The second kappa shape index (κ2) is 6.43. The molecule has 3 rings (SSSR count). The van der Waals surface area contributed by atoms with Gasteiger partial charge in [-0.3, -0.25) is 0 Å². The van der Waals surface area contributed by atoms with Gasteiger partial charge in [0.15, 0.2) is 0 Å². The van der Waals surface area contributed by atoms with E-state index in [1.807, 2.05) is 35.0 Å². The molecule has 0 N–H and O–H groups in total. The minimum absolute atomic E-state index is 0.540. The first-order valence-electron chi connectivity index (χ1n) is 7.27. The van der Waals surface area contributed by atoms with Gasteiger partial charge in [0, 0.05) is 24.4 Å². The molecule has 0 aliphatic heterocycles. The van der Waals surface area contributed by atoms with E-state index < -0.39 is 0 Å². The van der Waals surface area contributed by atoms with Crippen molar-refractivity contribution in [2.75, 3.05) is 7.11 Å². The topological polar surface area (TPSA) is 66.0 Å². The number of ether oxygens (including phenoxy) is 1. The summed E-state index contributed by atoms with van der Waals surface area (Å²) in [4.78, 5) is 8.79. The van der Waals surface area contributed by atoms with Gasteiger partial charge in [-0.25, -0.2) is 4.98 Å². The first kappa shape index (κ1) is 14.3. The van der Waals surface area contributed by atoms with Crippen molar-refractivity contribution in [3.63, 3.8) is 0 Å². The molecular weight excluding hydrogens is 280 g/mol. The van der Waals surface area contributed by atoms with Gasteiger partial charge in [0.2, 0.25) is 11.7 Å². The number of rotatable bonds is 6. The van der Waals surface area contributed by atoms with Gasteiger partial charge in [-0.2, -0.15) is 4.98 Å². The van der Waals surface area contributed by atoms with Crippen LogP contribution in [0.1, 0.15) is 25.1 Å². The van der Waals surface area contributed by atoms with Crippen molar-refractivity contribution in [3.8, 4) is 17.1 Å². The number of hydrogen-bond donors (Lipinski definition) is 0. The van der Waals surface area contributed by atoms with Gasteiger partial charge in [-0.15, -0.1) is 0 Å². The Bertz CT molecular complexity index is 731. The lowest BCUT2D eigenvalue weighted by atomic mass is 10.2. The summed E-state index contributed by atoms with van der Waals surface area (Å²) in [6, 6.07) is 7.57. The number of benzene rings is 1. The van der Waals surface area contributed by atoms with Crippen LogP contribution < -0.4 is 4.74 Å². The van der Waals surface area contributed by atoms with Crippen molar-refractivity contribution in [1.82, 2.24) is 19.7 Å². The highest BCUT2D eigenvalue weighted by Gasteiger charge is 2.11. The van der Waals surface area contributed by atoms with Gasteiger partial charge in [-0.1, -0.05) is 12.1 Å². The van der Waals surface area contributed by atoms with Crippen LogP contribution in [0.4, 0.5) is 0 Å². The van der Waals surface area contributed by atoms with Crippen LogP contribution in [-0.4, -0.2) is 26.8 Å². The molecule has 0 saturated carbocycles. The van der Waals surface area contributed by atoms with Gasteiger partial charge in [0.05, 0.1) is 7.11 Å². The van der Waals surface area contributed by atoms with E-state index in [9.17, 15) is 0 Å². The zero-order valence-electron chi connectivity index (χ0n) is 12.7. The molecule has 3 aromatic rings. The van der Waals surface area contributed by atoms with E-state index in [1.165, 1.54) is 0 Å². The molecule has 0 unspecified atom stereocenters. The van der Waals surface area contributed by atoms with E-state index in [0.29, 0.717) is 18.3 Å². The summed E-state index contributed by atoms with van der Waals surface area (Å²) >= 11 is 0. The Hall–Kier alpha value is -2.63. The number of imidazole rings is 1. The number of hydrogen-bond acceptors (Lipinski definition) is 5. The molecule has 0 amide bonds. The molecule has 0 aliphatic rings. The Morgan fingerprint density at radius 1 is 1.23 bits per heavy atom. The Morgan fingerprint density at radius 3 is 2.77 bits per heavy atom. The molecule has 0 fully saturated rings. The maximum Gasteiger partial charge on any atom is 0.246 e. The lowest BCUT2D eigenvalue weighted by Crippen LogP contribution is -2.04. The molecule has 0 spiro atoms. The molecule has 6 nitrogen and oxygen atoms in total. The maximum atomic E-state index is 5.34. The Labute approximate surface area is 128 Å². The fraction of sp³-hybridized carbons (Fsp3) is 0.312. The number of aromatic nitrogens is 4. The molecule has 0 radical (unpaired) electrons. The number of nitrogens with zero attached hydrogens (tertiary/aromatic N) is 4. The highest BCUT2D eigenvalue weighted by atomic mass is 16.5. The largest absolute Gasteiger partial charge is 0.497 e. The van der Waals surface area contributed by atoms with Crippen molar-refractivity contribution in [2.45, 2.75) is 26.3 Å². The van der Waals surface area contributed by atoms with Gasteiger partial charge in [0.1, 0.15) is 18.1 Å². The first-order valence-corrected chi connectivity index (χ1v) is 7.27. The van der Waals surface area contributed by atoms with E-state index in [-0.39, 0.29) is 0 Å². The molecule has 0 atom stereocenters. The molecule has 1 aromatic carbocycles. The van der Waals surface area contributed by atoms with E-state index in [2.05, 4.69) is 22.0 Å². The van der Waals surface area contributed by atoms with E-state index in [1.54, 1.807) is 13.3 Å². The van der Waals surface area contributed by atoms with Gasteiger partial charge >= 0.3 is 0 Å². The van der Waals surface area contributed by atoms with Crippen LogP contribution in [0.25, 0.3) is 11.4 Å².